The minimum absolute atomic E-state index is 0.300. The van der Waals surface area contributed by atoms with Crippen molar-refractivity contribution in [2.45, 2.75) is 26.4 Å². The summed E-state index contributed by atoms with van der Waals surface area (Å²) in [5.41, 5.74) is 2.39. The normalized spacial score (nSPS) is 12.8. The molecule has 0 aliphatic carbocycles. The maximum Gasteiger partial charge on any atom is 0.0704 e. The van der Waals surface area contributed by atoms with Crippen molar-refractivity contribution in [2.75, 3.05) is 13.1 Å². The van der Waals surface area contributed by atoms with Gasteiger partial charge in [-0.2, -0.15) is 0 Å². The molecule has 0 amide bonds. The zero-order chi connectivity index (χ0) is 11.3. The van der Waals surface area contributed by atoms with Crippen molar-refractivity contribution in [3.8, 4) is 0 Å². The number of halogens is 1. The van der Waals surface area contributed by atoms with E-state index in [1.807, 2.05) is 19.1 Å². The smallest absolute Gasteiger partial charge is 0.0704 e. The van der Waals surface area contributed by atoms with Gasteiger partial charge in [-0.1, -0.05) is 35.0 Å². The van der Waals surface area contributed by atoms with Gasteiger partial charge in [-0.25, -0.2) is 0 Å². The van der Waals surface area contributed by atoms with E-state index < -0.39 is 0 Å². The predicted molar refractivity (Wildman–Crippen MR) is 67.1 cm³/mol. The second-order valence-electron chi connectivity index (χ2n) is 3.75. The summed E-state index contributed by atoms with van der Waals surface area (Å²) >= 11 is 3.46. The zero-order valence-electron chi connectivity index (χ0n) is 9.26. The van der Waals surface area contributed by atoms with Crippen molar-refractivity contribution in [1.82, 2.24) is 5.32 Å². The molecule has 3 heteroatoms. The highest BCUT2D eigenvalue weighted by atomic mass is 79.9. The molecule has 1 unspecified atom stereocenters. The molecule has 0 aromatic heterocycles. The molecular formula is C12H18BrNO. The minimum Gasteiger partial charge on any atom is -0.391 e. The fourth-order valence-corrected chi connectivity index (χ4v) is 1.74. The van der Waals surface area contributed by atoms with Gasteiger partial charge < -0.3 is 10.4 Å². The number of benzene rings is 1. The SMILES string of the molecule is CCNCC(O)Cc1ccc(Br)c(C)c1. The summed E-state index contributed by atoms with van der Waals surface area (Å²) in [6.45, 7) is 5.66. The summed E-state index contributed by atoms with van der Waals surface area (Å²) < 4.78 is 1.12. The monoisotopic (exact) mass is 271 g/mol. The molecule has 15 heavy (non-hydrogen) atoms. The van der Waals surface area contributed by atoms with Crippen LogP contribution in [0.2, 0.25) is 0 Å². The Morgan fingerprint density at radius 1 is 1.47 bits per heavy atom. The maximum absolute atomic E-state index is 9.72. The first-order valence-corrected chi connectivity index (χ1v) is 6.06. The Labute approximate surface area is 99.8 Å². The number of aryl methyl sites for hydroxylation is 1. The Morgan fingerprint density at radius 2 is 2.20 bits per heavy atom. The molecule has 1 atom stereocenters. The Hall–Kier alpha value is -0.380. The van der Waals surface area contributed by atoms with Crippen LogP contribution in [0, 0.1) is 6.92 Å². The molecule has 1 aromatic carbocycles. The van der Waals surface area contributed by atoms with Gasteiger partial charge in [0.1, 0.15) is 0 Å². The highest BCUT2D eigenvalue weighted by Crippen LogP contribution is 2.17. The number of hydrogen-bond acceptors (Lipinski definition) is 2. The summed E-state index contributed by atoms with van der Waals surface area (Å²) in [6, 6.07) is 6.19. The lowest BCUT2D eigenvalue weighted by atomic mass is 10.1. The number of aliphatic hydroxyl groups is 1. The Bertz CT molecular complexity index is 314. The number of likely N-dealkylation sites (N-methyl/N-ethyl adjacent to an activating group) is 1. The van der Waals surface area contributed by atoms with E-state index in [0.29, 0.717) is 13.0 Å². The van der Waals surface area contributed by atoms with E-state index in [1.165, 1.54) is 11.1 Å². The van der Waals surface area contributed by atoms with Gasteiger partial charge in [-0.15, -0.1) is 0 Å². The fraction of sp³-hybridized carbons (Fsp3) is 0.500. The summed E-state index contributed by atoms with van der Waals surface area (Å²) in [7, 11) is 0. The number of hydrogen-bond donors (Lipinski definition) is 2. The van der Waals surface area contributed by atoms with Crippen LogP contribution in [0.4, 0.5) is 0 Å². The zero-order valence-corrected chi connectivity index (χ0v) is 10.8. The van der Waals surface area contributed by atoms with Crippen LogP contribution in [0.1, 0.15) is 18.1 Å². The molecule has 2 nitrogen and oxygen atoms in total. The van der Waals surface area contributed by atoms with Crippen LogP contribution in [0.5, 0.6) is 0 Å². The van der Waals surface area contributed by atoms with Gasteiger partial charge in [-0.3, -0.25) is 0 Å². The molecule has 1 rings (SSSR count). The summed E-state index contributed by atoms with van der Waals surface area (Å²) in [6.07, 6.45) is 0.409. The number of aliphatic hydroxyl groups excluding tert-OH is 1. The van der Waals surface area contributed by atoms with Gasteiger partial charge in [0, 0.05) is 11.0 Å². The predicted octanol–water partition coefficient (Wildman–Crippen LogP) is 2.27. The third-order valence-corrected chi connectivity index (χ3v) is 3.21. The van der Waals surface area contributed by atoms with E-state index in [4.69, 9.17) is 0 Å². The van der Waals surface area contributed by atoms with E-state index in [1.54, 1.807) is 0 Å². The van der Waals surface area contributed by atoms with Gasteiger partial charge in [0.05, 0.1) is 6.10 Å². The Morgan fingerprint density at radius 3 is 2.80 bits per heavy atom. The molecule has 0 aliphatic heterocycles. The highest BCUT2D eigenvalue weighted by Gasteiger charge is 2.05. The van der Waals surface area contributed by atoms with Crippen LogP contribution in [-0.4, -0.2) is 24.3 Å². The highest BCUT2D eigenvalue weighted by molar-refractivity contribution is 9.10. The van der Waals surface area contributed by atoms with E-state index in [-0.39, 0.29) is 6.10 Å². The van der Waals surface area contributed by atoms with Crippen molar-refractivity contribution < 1.29 is 5.11 Å². The lowest BCUT2D eigenvalue weighted by Gasteiger charge is -2.11. The van der Waals surface area contributed by atoms with Crippen LogP contribution in [0.25, 0.3) is 0 Å². The number of nitrogens with one attached hydrogen (secondary N) is 1. The van der Waals surface area contributed by atoms with Crippen molar-refractivity contribution >= 4 is 15.9 Å². The summed E-state index contributed by atoms with van der Waals surface area (Å²) in [4.78, 5) is 0. The van der Waals surface area contributed by atoms with Crippen molar-refractivity contribution in [3.63, 3.8) is 0 Å². The average molecular weight is 272 g/mol. The lowest BCUT2D eigenvalue weighted by molar-refractivity contribution is 0.172. The van der Waals surface area contributed by atoms with Crippen molar-refractivity contribution in [2.24, 2.45) is 0 Å². The molecule has 0 heterocycles. The average Bonchev–Trinajstić information content (AvgIpc) is 2.20. The molecule has 0 bridgehead atoms. The number of rotatable bonds is 5. The first-order valence-electron chi connectivity index (χ1n) is 5.27. The lowest BCUT2D eigenvalue weighted by Crippen LogP contribution is -2.28. The van der Waals surface area contributed by atoms with Crippen LogP contribution in [-0.2, 0) is 6.42 Å². The first kappa shape index (κ1) is 12.7. The molecule has 1 aromatic rings. The fourth-order valence-electron chi connectivity index (χ4n) is 1.49. The van der Waals surface area contributed by atoms with Crippen LogP contribution < -0.4 is 5.32 Å². The van der Waals surface area contributed by atoms with Crippen LogP contribution in [0.15, 0.2) is 22.7 Å². The molecular weight excluding hydrogens is 254 g/mol. The standard InChI is InChI=1S/C12H18BrNO/c1-3-14-8-11(15)7-10-4-5-12(13)9(2)6-10/h4-6,11,14-15H,3,7-8H2,1-2H3. The maximum atomic E-state index is 9.72. The van der Waals surface area contributed by atoms with E-state index in [2.05, 4.69) is 34.2 Å². The van der Waals surface area contributed by atoms with Gasteiger partial charge in [-0.05, 0) is 37.1 Å². The molecule has 0 saturated carbocycles. The second kappa shape index (κ2) is 6.26. The quantitative estimate of drug-likeness (QED) is 0.861. The van der Waals surface area contributed by atoms with Gasteiger partial charge in [0.2, 0.25) is 0 Å². The first-order chi connectivity index (χ1) is 7.13. The van der Waals surface area contributed by atoms with Gasteiger partial charge in [0.25, 0.3) is 0 Å². The topological polar surface area (TPSA) is 32.3 Å². The summed E-state index contributed by atoms with van der Waals surface area (Å²) in [5.74, 6) is 0. The van der Waals surface area contributed by atoms with Crippen LogP contribution in [0.3, 0.4) is 0 Å². The molecule has 0 spiro atoms. The minimum atomic E-state index is -0.300. The van der Waals surface area contributed by atoms with E-state index in [9.17, 15) is 5.11 Å². The molecule has 0 aliphatic rings. The van der Waals surface area contributed by atoms with E-state index in [0.717, 1.165) is 11.0 Å². The van der Waals surface area contributed by atoms with E-state index >= 15 is 0 Å². The van der Waals surface area contributed by atoms with Crippen LogP contribution >= 0.6 is 15.9 Å². The van der Waals surface area contributed by atoms with Gasteiger partial charge in [0.15, 0.2) is 0 Å². The summed E-state index contributed by atoms with van der Waals surface area (Å²) in [5, 5.41) is 12.9. The molecule has 0 saturated heterocycles. The van der Waals surface area contributed by atoms with Crippen molar-refractivity contribution in [3.05, 3.63) is 33.8 Å². The van der Waals surface area contributed by atoms with Crippen molar-refractivity contribution in [1.29, 1.82) is 0 Å². The largest absolute Gasteiger partial charge is 0.391 e. The van der Waals surface area contributed by atoms with Gasteiger partial charge >= 0.3 is 0 Å². The Kier molecular flexibility index (Phi) is 5.29. The second-order valence-corrected chi connectivity index (χ2v) is 4.60. The Balaban J connectivity index is 2.53. The molecule has 0 fully saturated rings. The molecule has 84 valence electrons. The third kappa shape index (κ3) is 4.33. The third-order valence-electron chi connectivity index (χ3n) is 2.32. The molecule has 0 radical (unpaired) electrons. The molecule has 2 N–H and O–H groups in total.